The Morgan fingerprint density at radius 1 is 1.17 bits per heavy atom. The van der Waals surface area contributed by atoms with Crippen molar-refractivity contribution in [2.24, 2.45) is 0 Å². The molecule has 1 unspecified atom stereocenters. The number of aromatic hydroxyl groups is 1. The van der Waals surface area contributed by atoms with Gasteiger partial charge in [-0.2, -0.15) is 0 Å². The number of carbonyl (C=O) groups is 1. The Bertz CT molecular complexity index is 1160. The maximum atomic E-state index is 13.2. The molecule has 3 aromatic rings. The number of hydrogen-bond acceptors (Lipinski definition) is 5. The molecule has 0 aliphatic carbocycles. The highest BCUT2D eigenvalue weighted by Crippen LogP contribution is 2.35. The fourth-order valence-electron chi connectivity index (χ4n) is 3.59. The number of halogens is 1. The topological polar surface area (TPSA) is 86.7 Å². The Kier molecular flexibility index (Phi) is 5.48. The average molecular weight is 447 g/mol. The summed E-state index contributed by atoms with van der Waals surface area (Å²) in [7, 11) is -3.75. The third-order valence-electron chi connectivity index (χ3n) is 5.01. The number of phenolic OH excluding ortho intramolecular Hbond substituents is 1. The van der Waals surface area contributed by atoms with Gasteiger partial charge in [0.25, 0.3) is 15.9 Å². The zero-order chi connectivity index (χ0) is 21.3. The number of carbonyl (C=O) groups excluding carboxylic acids is 1. The highest BCUT2D eigenvalue weighted by molar-refractivity contribution is 7.94. The highest BCUT2D eigenvalue weighted by Gasteiger charge is 2.32. The van der Waals surface area contributed by atoms with Crippen LogP contribution in [0.2, 0.25) is 0 Å². The number of amides is 1. The molecule has 2 aromatic carbocycles. The summed E-state index contributed by atoms with van der Waals surface area (Å²) in [6.07, 6.45) is 1.55. The van der Waals surface area contributed by atoms with Crippen LogP contribution in [-0.4, -0.2) is 30.9 Å². The second-order valence-corrected chi connectivity index (χ2v) is 9.83. The molecule has 2 N–H and O–H groups in total. The van der Waals surface area contributed by atoms with E-state index in [1.165, 1.54) is 36.4 Å². The van der Waals surface area contributed by atoms with Gasteiger partial charge in [-0.15, -0.1) is 11.3 Å². The van der Waals surface area contributed by atoms with Crippen molar-refractivity contribution >= 4 is 33.0 Å². The molecule has 1 aliphatic rings. The number of hydrogen-bond donors (Lipinski definition) is 2. The van der Waals surface area contributed by atoms with Crippen molar-refractivity contribution in [3.05, 3.63) is 76.9 Å². The van der Waals surface area contributed by atoms with Crippen molar-refractivity contribution in [1.82, 2.24) is 4.90 Å². The van der Waals surface area contributed by atoms with Crippen LogP contribution in [0, 0.1) is 5.82 Å². The zero-order valence-electron chi connectivity index (χ0n) is 15.8. The molecule has 1 aromatic heterocycles. The minimum absolute atomic E-state index is 0.0862. The van der Waals surface area contributed by atoms with Gasteiger partial charge < -0.3 is 10.0 Å². The average Bonchev–Trinajstić information content (AvgIpc) is 3.40. The first-order valence-corrected chi connectivity index (χ1v) is 11.7. The smallest absolute Gasteiger partial charge is 0.271 e. The van der Waals surface area contributed by atoms with E-state index in [0.29, 0.717) is 6.54 Å². The Morgan fingerprint density at radius 2 is 1.93 bits per heavy atom. The van der Waals surface area contributed by atoms with Crippen molar-refractivity contribution in [2.75, 3.05) is 11.3 Å². The second-order valence-electron chi connectivity index (χ2n) is 6.98. The molecule has 156 valence electrons. The maximum absolute atomic E-state index is 13.2. The first-order chi connectivity index (χ1) is 14.3. The van der Waals surface area contributed by atoms with Crippen LogP contribution in [0.3, 0.4) is 0 Å². The minimum Gasteiger partial charge on any atom is -0.507 e. The summed E-state index contributed by atoms with van der Waals surface area (Å²) in [6, 6.07) is 13.0. The van der Waals surface area contributed by atoms with Crippen LogP contribution in [-0.2, 0) is 10.0 Å². The summed E-state index contributed by atoms with van der Waals surface area (Å²) in [5.74, 6) is -1.00. The summed E-state index contributed by atoms with van der Waals surface area (Å²) in [5.41, 5.74) is 1.08. The number of phenols is 1. The van der Waals surface area contributed by atoms with E-state index >= 15 is 0 Å². The van der Waals surface area contributed by atoms with Crippen LogP contribution in [0.15, 0.2) is 64.2 Å². The Hall–Kier alpha value is -2.91. The van der Waals surface area contributed by atoms with E-state index < -0.39 is 10.0 Å². The lowest BCUT2D eigenvalue weighted by Crippen LogP contribution is -2.30. The highest BCUT2D eigenvalue weighted by atomic mass is 32.2. The molecule has 0 radical (unpaired) electrons. The van der Waals surface area contributed by atoms with Crippen molar-refractivity contribution in [3.63, 3.8) is 0 Å². The van der Waals surface area contributed by atoms with Gasteiger partial charge in [0.05, 0.1) is 17.3 Å². The molecule has 0 spiro atoms. The number of nitrogens with one attached hydrogen (secondary N) is 1. The van der Waals surface area contributed by atoms with E-state index in [0.717, 1.165) is 29.7 Å². The van der Waals surface area contributed by atoms with E-state index in [9.17, 15) is 22.7 Å². The third-order valence-corrected chi connectivity index (χ3v) is 7.79. The summed E-state index contributed by atoms with van der Waals surface area (Å²) >= 11 is 1.08. The van der Waals surface area contributed by atoms with Gasteiger partial charge in [0.15, 0.2) is 0 Å². The molecule has 2 heterocycles. The Labute approximate surface area is 177 Å². The minimum atomic E-state index is -3.75. The third kappa shape index (κ3) is 4.03. The summed E-state index contributed by atoms with van der Waals surface area (Å²) < 4.78 is 40.5. The van der Waals surface area contributed by atoms with Crippen molar-refractivity contribution in [1.29, 1.82) is 0 Å². The van der Waals surface area contributed by atoms with Crippen LogP contribution < -0.4 is 4.72 Å². The number of anilines is 1. The molecular formula is C21H19FN2O4S2. The SMILES string of the molecule is O=C(c1ccc(NS(=O)(=O)c2cccs2)cc1O)N1CCCC1c1ccc(F)cc1. The van der Waals surface area contributed by atoms with Crippen molar-refractivity contribution in [3.8, 4) is 5.75 Å². The maximum Gasteiger partial charge on any atom is 0.271 e. The van der Waals surface area contributed by atoms with E-state index in [4.69, 9.17) is 0 Å². The number of benzene rings is 2. The van der Waals surface area contributed by atoms with E-state index in [1.807, 2.05) is 0 Å². The molecule has 4 rings (SSSR count). The quantitative estimate of drug-likeness (QED) is 0.609. The lowest BCUT2D eigenvalue weighted by atomic mass is 10.0. The van der Waals surface area contributed by atoms with E-state index in [2.05, 4.69) is 4.72 Å². The lowest BCUT2D eigenvalue weighted by Gasteiger charge is -2.25. The first kappa shape index (κ1) is 20.4. The van der Waals surface area contributed by atoms with Gasteiger partial charge in [-0.3, -0.25) is 9.52 Å². The van der Waals surface area contributed by atoms with Crippen LogP contribution in [0.4, 0.5) is 10.1 Å². The molecule has 9 heteroatoms. The molecule has 1 atom stereocenters. The predicted molar refractivity (Wildman–Crippen MR) is 113 cm³/mol. The number of rotatable bonds is 5. The molecule has 30 heavy (non-hydrogen) atoms. The van der Waals surface area contributed by atoms with Gasteiger partial charge in [-0.1, -0.05) is 18.2 Å². The van der Waals surface area contributed by atoms with E-state index in [1.54, 1.807) is 28.5 Å². The van der Waals surface area contributed by atoms with Crippen LogP contribution in [0.1, 0.15) is 34.8 Å². The van der Waals surface area contributed by atoms with Crippen molar-refractivity contribution in [2.45, 2.75) is 23.1 Å². The Morgan fingerprint density at radius 3 is 2.60 bits per heavy atom. The molecule has 1 fully saturated rings. The van der Waals surface area contributed by atoms with Crippen LogP contribution in [0.25, 0.3) is 0 Å². The second kappa shape index (κ2) is 8.08. The van der Waals surface area contributed by atoms with Crippen molar-refractivity contribution < 1.29 is 22.7 Å². The monoisotopic (exact) mass is 446 g/mol. The molecule has 6 nitrogen and oxygen atoms in total. The molecule has 1 aliphatic heterocycles. The predicted octanol–water partition coefficient (Wildman–Crippen LogP) is 4.37. The standard InChI is InChI=1S/C21H19FN2O4S2/c22-15-7-5-14(6-8-15)18-3-1-11-24(18)21(26)17-10-9-16(13-19(17)25)23-30(27,28)20-4-2-12-29-20/h2,4-10,12-13,18,23,25H,1,3,11H2. The fourth-order valence-corrected chi connectivity index (χ4v) is 5.64. The van der Waals surface area contributed by atoms with Crippen LogP contribution in [0.5, 0.6) is 5.75 Å². The number of likely N-dealkylation sites (tertiary alicyclic amines) is 1. The van der Waals surface area contributed by atoms with Crippen LogP contribution >= 0.6 is 11.3 Å². The largest absolute Gasteiger partial charge is 0.507 e. The van der Waals surface area contributed by atoms with E-state index in [-0.39, 0.29) is 39.0 Å². The fraction of sp³-hybridized carbons (Fsp3) is 0.190. The van der Waals surface area contributed by atoms with Gasteiger partial charge >= 0.3 is 0 Å². The van der Waals surface area contributed by atoms with Gasteiger partial charge in [0.1, 0.15) is 15.8 Å². The first-order valence-electron chi connectivity index (χ1n) is 9.31. The Balaban J connectivity index is 1.55. The number of thiophene rings is 1. The zero-order valence-corrected chi connectivity index (χ0v) is 17.4. The molecule has 1 amide bonds. The van der Waals surface area contributed by atoms with Gasteiger partial charge in [0.2, 0.25) is 0 Å². The van der Waals surface area contributed by atoms with Gasteiger partial charge in [-0.25, -0.2) is 12.8 Å². The van der Waals surface area contributed by atoms with Gasteiger partial charge in [-0.05, 0) is 54.1 Å². The summed E-state index contributed by atoms with van der Waals surface area (Å²) in [5, 5.41) is 12.1. The summed E-state index contributed by atoms with van der Waals surface area (Å²) in [4.78, 5) is 14.7. The molecule has 0 saturated carbocycles. The number of sulfonamides is 1. The molecule has 0 bridgehead atoms. The summed E-state index contributed by atoms with van der Waals surface area (Å²) in [6.45, 7) is 0.521. The lowest BCUT2D eigenvalue weighted by molar-refractivity contribution is 0.0732. The normalized spacial score (nSPS) is 16.6. The molecular weight excluding hydrogens is 427 g/mol. The number of nitrogens with zero attached hydrogens (tertiary/aromatic N) is 1. The van der Waals surface area contributed by atoms with Gasteiger partial charge in [0, 0.05) is 12.6 Å². The molecule has 1 saturated heterocycles.